The zero-order valence-electron chi connectivity index (χ0n) is 18.5. The number of rotatable bonds is 5. The maximum absolute atomic E-state index is 12.9. The Labute approximate surface area is 192 Å². The summed E-state index contributed by atoms with van der Waals surface area (Å²) >= 11 is 0. The first kappa shape index (κ1) is 20.6. The second-order valence-corrected chi connectivity index (χ2v) is 7.80. The van der Waals surface area contributed by atoms with E-state index in [-0.39, 0.29) is 6.61 Å². The quantitative estimate of drug-likeness (QED) is 0.309. The number of hydrogen-bond donors (Lipinski definition) is 0. The number of aryl methyl sites for hydroxylation is 1. The maximum Gasteiger partial charge on any atom is 0.341 e. The molecule has 5 aromatic rings. The number of carbonyl (C=O) groups is 1. The number of ether oxygens (including phenoxy) is 1. The first-order valence-electron chi connectivity index (χ1n) is 10.9. The molecule has 5 rings (SSSR count). The molecule has 5 nitrogen and oxygen atoms in total. The fraction of sp³-hybridized carbons (Fsp3) is 0.107. The molecule has 0 aliphatic rings. The van der Waals surface area contributed by atoms with Crippen LogP contribution in [0.1, 0.15) is 22.8 Å². The van der Waals surface area contributed by atoms with E-state index in [1.807, 2.05) is 79.7 Å². The minimum atomic E-state index is -0.416. The molecule has 33 heavy (non-hydrogen) atoms. The highest BCUT2D eigenvalue weighted by Gasteiger charge is 2.24. The van der Waals surface area contributed by atoms with Gasteiger partial charge in [-0.2, -0.15) is 5.10 Å². The molecule has 0 saturated carbocycles. The number of fused-ring (bicyclic) bond motifs is 1. The van der Waals surface area contributed by atoms with E-state index in [1.165, 1.54) is 0 Å². The van der Waals surface area contributed by atoms with Gasteiger partial charge in [-0.25, -0.2) is 14.3 Å². The number of carbonyl (C=O) groups excluding carboxylic acids is 1. The fourth-order valence-electron chi connectivity index (χ4n) is 4.00. The third-order valence-electron chi connectivity index (χ3n) is 5.57. The molecule has 3 aromatic carbocycles. The van der Waals surface area contributed by atoms with Crippen molar-refractivity contribution in [2.45, 2.75) is 13.8 Å². The first-order chi connectivity index (χ1) is 16.2. The highest BCUT2D eigenvalue weighted by Crippen LogP contribution is 2.37. The van der Waals surface area contributed by atoms with Crippen LogP contribution in [0.15, 0.2) is 91.1 Å². The van der Waals surface area contributed by atoms with Crippen LogP contribution in [0.2, 0.25) is 0 Å². The molecule has 2 heterocycles. The van der Waals surface area contributed by atoms with Crippen molar-refractivity contribution in [3.05, 3.63) is 102 Å². The van der Waals surface area contributed by atoms with Gasteiger partial charge in [0.25, 0.3) is 0 Å². The van der Waals surface area contributed by atoms with Gasteiger partial charge >= 0.3 is 5.97 Å². The van der Waals surface area contributed by atoms with Gasteiger partial charge < -0.3 is 4.74 Å². The Hall–Kier alpha value is -4.25. The molecule has 0 amide bonds. The molecule has 0 N–H and O–H groups in total. The van der Waals surface area contributed by atoms with Gasteiger partial charge in [-0.05, 0) is 19.4 Å². The highest BCUT2D eigenvalue weighted by atomic mass is 16.5. The zero-order valence-corrected chi connectivity index (χ0v) is 18.5. The largest absolute Gasteiger partial charge is 0.462 e. The van der Waals surface area contributed by atoms with Crippen LogP contribution < -0.4 is 0 Å². The Kier molecular flexibility index (Phi) is 5.45. The number of nitrogens with zero attached hydrogens (tertiary/aromatic N) is 3. The van der Waals surface area contributed by atoms with Crippen molar-refractivity contribution in [2.75, 3.05) is 6.61 Å². The fourth-order valence-corrected chi connectivity index (χ4v) is 4.00. The molecule has 0 bridgehead atoms. The highest BCUT2D eigenvalue weighted by molar-refractivity contribution is 5.98. The van der Waals surface area contributed by atoms with Crippen LogP contribution in [0.25, 0.3) is 39.3 Å². The van der Waals surface area contributed by atoms with E-state index in [0.717, 1.165) is 33.5 Å². The van der Waals surface area contributed by atoms with Crippen LogP contribution in [0.3, 0.4) is 0 Å². The average Bonchev–Trinajstić information content (AvgIpc) is 3.25. The molecule has 2 aromatic heterocycles. The van der Waals surface area contributed by atoms with Gasteiger partial charge in [0.1, 0.15) is 11.3 Å². The van der Waals surface area contributed by atoms with Crippen molar-refractivity contribution in [1.29, 1.82) is 0 Å². The van der Waals surface area contributed by atoms with E-state index >= 15 is 0 Å². The van der Waals surface area contributed by atoms with Crippen LogP contribution in [0.4, 0.5) is 0 Å². The van der Waals surface area contributed by atoms with Gasteiger partial charge in [-0.15, -0.1) is 0 Å². The lowest BCUT2D eigenvalue weighted by Crippen LogP contribution is -2.11. The summed E-state index contributed by atoms with van der Waals surface area (Å²) in [4.78, 5) is 17.6. The molecular formula is C28H23N3O2. The van der Waals surface area contributed by atoms with Crippen LogP contribution in [0.5, 0.6) is 0 Å². The molecule has 0 fully saturated rings. The van der Waals surface area contributed by atoms with E-state index in [9.17, 15) is 4.79 Å². The van der Waals surface area contributed by atoms with E-state index in [1.54, 1.807) is 17.6 Å². The molecule has 162 valence electrons. The predicted octanol–water partition coefficient (Wildman–Crippen LogP) is 6.22. The summed E-state index contributed by atoms with van der Waals surface area (Å²) in [6.07, 6.45) is 1.60. The lowest BCUT2D eigenvalue weighted by molar-refractivity contribution is 0.0526. The number of aromatic nitrogens is 3. The second kappa shape index (κ2) is 8.71. The molecule has 0 aliphatic carbocycles. The molecular weight excluding hydrogens is 410 g/mol. The Morgan fingerprint density at radius 3 is 2.12 bits per heavy atom. The topological polar surface area (TPSA) is 56.5 Å². The Morgan fingerprint density at radius 1 is 0.848 bits per heavy atom. The summed E-state index contributed by atoms with van der Waals surface area (Å²) in [7, 11) is 0. The lowest BCUT2D eigenvalue weighted by atomic mass is 10.0. The molecule has 0 atom stereocenters. The average molecular weight is 434 g/mol. The van der Waals surface area contributed by atoms with Crippen molar-refractivity contribution < 1.29 is 9.53 Å². The summed E-state index contributed by atoms with van der Waals surface area (Å²) in [5, 5.41) is 5.01. The SMILES string of the molecule is CCOC(=O)c1cnc2c(-c3ccccc3)c(-c3ccccc3)nn2c1-c1ccc(C)cc1. The van der Waals surface area contributed by atoms with E-state index < -0.39 is 5.97 Å². The van der Waals surface area contributed by atoms with Gasteiger partial charge in [-0.1, -0.05) is 90.5 Å². The summed E-state index contributed by atoms with van der Waals surface area (Å²) < 4.78 is 7.13. The first-order valence-corrected chi connectivity index (χ1v) is 10.9. The standard InChI is InChI=1S/C28H23N3O2/c1-3-33-28(32)23-18-29-27-24(20-10-6-4-7-11-20)25(21-12-8-5-9-13-21)30-31(27)26(23)22-16-14-19(2)15-17-22/h4-18H,3H2,1-2H3. The monoisotopic (exact) mass is 433 g/mol. The van der Waals surface area contributed by atoms with Crippen molar-refractivity contribution in [1.82, 2.24) is 14.6 Å². The number of esters is 1. The minimum Gasteiger partial charge on any atom is -0.462 e. The summed E-state index contributed by atoms with van der Waals surface area (Å²) in [5.41, 5.74) is 7.47. The third kappa shape index (κ3) is 3.78. The van der Waals surface area contributed by atoms with E-state index in [4.69, 9.17) is 14.8 Å². The maximum atomic E-state index is 12.9. The van der Waals surface area contributed by atoms with Crippen LogP contribution in [-0.4, -0.2) is 27.2 Å². The molecule has 0 spiro atoms. The van der Waals surface area contributed by atoms with Crippen molar-refractivity contribution in [2.24, 2.45) is 0 Å². The van der Waals surface area contributed by atoms with Crippen molar-refractivity contribution in [3.8, 4) is 33.6 Å². The second-order valence-electron chi connectivity index (χ2n) is 7.80. The minimum absolute atomic E-state index is 0.286. The summed E-state index contributed by atoms with van der Waals surface area (Å²) in [5.74, 6) is -0.416. The number of benzene rings is 3. The van der Waals surface area contributed by atoms with Gasteiger partial charge in [0.2, 0.25) is 0 Å². The molecule has 0 unspecified atom stereocenters. The molecule has 0 saturated heterocycles. The molecule has 0 aliphatic heterocycles. The van der Waals surface area contributed by atoms with Gasteiger partial charge in [-0.3, -0.25) is 0 Å². The smallest absolute Gasteiger partial charge is 0.341 e. The van der Waals surface area contributed by atoms with Gasteiger partial charge in [0.15, 0.2) is 5.65 Å². The normalized spacial score (nSPS) is 11.0. The van der Waals surface area contributed by atoms with E-state index in [2.05, 4.69) is 12.1 Å². The van der Waals surface area contributed by atoms with Crippen LogP contribution >= 0.6 is 0 Å². The lowest BCUT2D eigenvalue weighted by Gasteiger charge is -2.11. The van der Waals surface area contributed by atoms with Gasteiger partial charge in [0.05, 0.1) is 17.9 Å². The third-order valence-corrected chi connectivity index (χ3v) is 5.57. The van der Waals surface area contributed by atoms with Crippen molar-refractivity contribution >= 4 is 11.6 Å². The summed E-state index contributed by atoms with van der Waals surface area (Å²) in [6, 6.07) is 28.2. The van der Waals surface area contributed by atoms with Crippen molar-refractivity contribution in [3.63, 3.8) is 0 Å². The van der Waals surface area contributed by atoms with Crippen LogP contribution in [-0.2, 0) is 4.74 Å². The zero-order chi connectivity index (χ0) is 22.8. The van der Waals surface area contributed by atoms with E-state index in [0.29, 0.717) is 16.9 Å². The molecule has 5 heteroatoms. The summed E-state index contributed by atoms with van der Waals surface area (Å²) in [6.45, 7) is 4.12. The Balaban J connectivity index is 1.88. The Bertz CT molecular complexity index is 1420. The predicted molar refractivity (Wildman–Crippen MR) is 130 cm³/mol. The van der Waals surface area contributed by atoms with Gasteiger partial charge in [0, 0.05) is 17.3 Å². The molecule has 0 radical (unpaired) electrons. The Morgan fingerprint density at radius 2 is 1.48 bits per heavy atom. The number of hydrogen-bond acceptors (Lipinski definition) is 4. The van der Waals surface area contributed by atoms with Crippen LogP contribution in [0, 0.1) is 6.92 Å².